The van der Waals surface area contributed by atoms with Gasteiger partial charge in [-0.05, 0) is 30.9 Å². The van der Waals surface area contributed by atoms with Crippen LogP contribution in [0.25, 0.3) is 12.2 Å². The van der Waals surface area contributed by atoms with Gasteiger partial charge in [-0.2, -0.15) is 0 Å². The van der Waals surface area contributed by atoms with Crippen molar-refractivity contribution in [1.29, 1.82) is 0 Å². The molecular formula is C15H17BrN2. The van der Waals surface area contributed by atoms with Crippen molar-refractivity contribution in [2.24, 2.45) is 0 Å². The van der Waals surface area contributed by atoms with Crippen LogP contribution in [0.5, 0.6) is 0 Å². The van der Waals surface area contributed by atoms with Gasteiger partial charge >= 0.3 is 0 Å². The van der Waals surface area contributed by atoms with Gasteiger partial charge in [0.2, 0.25) is 0 Å². The maximum absolute atomic E-state index is 4.54. The molecule has 0 amide bonds. The molecule has 18 heavy (non-hydrogen) atoms. The first-order valence-electron chi connectivity index (χ1n) is 6.22. The number of alkyl halides is 1. The van der Waals surface area contributed by atoms with Gasteiger partial charge in [-0.15, -0.1) is 0 Å². The Morgan fingerprint density at radius 1 is 1.11 bits per heavy atom. The van der Waals surface area contributed by atoms with Crippen LogP contribution in [-0.4, -0.2) is 15.3 Å². The van der Waals surface area contributed by atoms with Crippen LogP contribution < -0.4 is 0 Å². The Hall–Kier alpha value is -1.35. The minimum Gasteiger partial charge on any atom is -0.345 e. The van der Waals surface area contributed by atoms with Gasteiger partial charge < -0.3 is 4.98 Å². The Kier molecular flexibility index (Phi) is 5.21. The van der Waals surface area contributed by atoms with E-state index < -0.39 is 0 Å². The quantitative estimate of drug-likeness (QED) is 0.625. The number of hydrogen-bond acceptors (Lipinski definition) is 1. The molecule has 0 aliphatic carbocycles. The van der Waals surface area contributed by atoms with E-state index in [0.717, 1.165) is 23.3 Å². The molecule has 1 aromatic heterocycles. The highest BCUT2D eigenvalue weighted by Gasteiger charge is 1.98. The number of aryl methyl sites for hydroxylation is 1. The van der Waals surface area contributed by atoms with Crippen LogP contribution in [0.3, 0.4) is 0 Å². The van der Waals surface area contributed by atoms with Crippen LogP contribution in [0.15, 0.2) is 36.5 Å². The third kappa shape index (κ3) is 4.15. The molecule has 0 bridgehead atoms. The van der Waals surface area contributed by atoms with Gasteiger partial charge in [0.25, 0.3) is 0 Å². The average molecular weight is 305 g/mol. The van der Waals surface area contributed by atoms with Crippen LogP contribution in [-0.2, 0) is 6.42 Å². The summed E-state index contributed by atoms with van der Waals surface area (Å²) in [5.74, 6) is 0.924. The number of aromatic amines is 1. The summed E-state index contributed by atoms with van der Waals surface area (Å²) in [5, 5.41) is 1.07. The summed E-state index contributed by atoms with van der Waals surface area (Å²) in [6.07, 6.45) is 9.50. The Balaban J connectivity index is 1.92. The number of benzene rings is 1. The summed E-state index contributed by atoms with van der Waals surface area (Å²) < 4.78 is 0. The molecule has 0 aliphatic heterocycles. The van der Waals surface area contributed by atoms with Gasteiger partial charge in [-0.3, -0.25) is 0 Å². The molecule has 0 spiro atoms. The number of unbranched alkanes of at least 4 members (excludes halogenated alkanes) is 1. The molecule has 0 saturated heterocycles. The lowest BCUT2D eigenvalue weighted by atomic mass is 10.2. The van der Waals surface area contributed by atoms with Gasteiger partial charge in [0.1, 0.15) is 5.82 Å². The maximum Gasteiger partial charge on any atom is 0.130 e. The van der Waals surface area contributed by atoms with Crippen molar-refractivity contribution in [2.45, 2.75) is 19.3 Å². The van der Waals surface area contributed by atoms with Crippen LogP contribution >= 0.6 is 15.9 Å². The number of H-pyrrole nitrogens is 1. The second-order valence-electron chi connectivity index (χ2n) is 4.17. The minimum atomic E-state index is 0.924. The van der Waals surface area contributed by atoms with E-state index >= 15 is 0 Å². The Labute approximate surface area is 116 Å². The summed E-state index contributed by atoms with van der Waals surface area (Å²) in [7, 11) is 0. The number of imidazole rings is 1. The number of hydrogen-bond donors (Lipinski definition) is 1. The highest BCUT2D eigenvalue weighted by atomic mass is 79.9. The summed E-state index contributed by atoms with van der Waals surface area (Å²) in [6, 6.07) is 10.2. The zero-order valence-corrected chi connectivity index (χ0v) is 11.9. The lowest BCUT2D eigenvalue weighted by Crippen LogP contribution is -1.86. The zero-order valence-electron chi connectivity index (χ0n) is 10.3. The van der Waals surface area contributed by atoms with E-state index in [1.165, 1.54) is 18.4 Å². The lowest BCUT2D eigenvalue weighted by Gasteiger charge is -1.93. The molecule has 3 heteroatoms. The molecule has 0 fully saturated rings. The van der Waals surface area contributed by atoms with Crippen LogP contribution in [0, 0.1) is 0 Å². The highest BCUT2D eigenvalue weighted by molar-refractivity contribution is 9.09. The molecule has 2 nitrogen and oxygen atoms in total. The predicted octanol–water partition coefficient (Wildman–Crippen LogP) is 4.30. The molecule has 1 N–H and O–H groups in total. The first-order chi connectivity index (χ1) is 8.88. The monoisotopic (exact) mass is 304 g/mol. The number of aromatic nitrogens is 2. The molecule has 0 saturated carbocycles. The summed E-state index contributed by atoms with van der Waals surface area (Å²) in [4.78, 5) is 7.73. The van der Waals surface area contributed by atoms with E-state index in [0.29, 0.717) is 0 Å². The molecule has 0 aliphatic rings. The molecular weight excluding hydrogens is 288 g/mol. The second-order valence-corrected chi connectivity index (χ2v) is 4.96. The fraction of sp³-hybridized carbons (Fsp3) is 0.267. The van der Waals surface area contributed by atoms with E-state index in [4.69, 9.17) is 0 Å². The van der Waals surface area contributed by atoms with Crippen LogP contribution in [0.4, 0.5) is 0 Å². The lowest BCUT2D eigenvalue weighted by molar-refractivity contribution is 0.790. The summed E-state index contributed by atoms with van der Waals surface area (Å²) >= 11 is 3.44. The topological polar surface area (TPSA) is 28.7 Å². The van der Waals surface area contributed by atoms with E-state index in [1.807, 2.05) is 30.5 Å². The largest absolute Gasteiger partial charge is 0.345 e. The fourth-order valence-corrected chi connectivity index (χ4v) is 2.13. The molecule has 0 unspecified atom stereocenters. The van der Waals surface area contributed by atoms with Crippen molar-refractivity contribution < 1.29 is 0 Å². The molecule has 1 heterocycles. The van der Waals surface area contributed by atoms with Crippen molar-refractivity contribution in [3.63, 3.8) is 0 Å². The van der Waals surface area contributed by atoms with Gasteiger partial charge in [0.05, 0.1) is 5.69 Å². The Morgan fingerprint density at radius 3 is 2.72 bits per heavy atom. The second kappa shape index (κ2) is 7.17. The SMILES string of the molecule is BrCCCCc1c[nH]c(C=Cc2ccccc2)n1. The first-order valence-corrected chi connectivity index (χ1v) is 7.34. The molecule has 2 rings (SSSR count). The Morgan fingerprint density at radius 2 is 1.94 bits per heavy atom. The minimum absolute atomic E-state index is 0.924. The highest BCUT2D eigenvalue weighted by Crippen LogP contribution is 2.08. The molecule has 0 radical (unpaired) electrons. The van der Waals surface area contributed by atoms with Gasteiger partial charge in [0, 0.05) is 11.5 Å². The number of nitrogens with one attached hydrogen (secondary N) is 1. The van der Waals surface area contributed by atoms with E-state index in [1.54, 1.807) is 0 Å². The maximum atomic E-state index is 4.54. The number of nitrogens with zero attached hydrogens (tertiary/aromatic N) is 1. The third-order valence-electron chi connectivity index (χ3n) is 2.70. The van der Waals surface area contributed by atoms with Gasteiger partial charge in [-0.1, -0.05) is 52.3 Å². The number of halogens is 1. The number of rotatable bonds is 6. The molecule has 2 aromatic rings. The standard InChI is InChI=1S/C15H17BrN2/c16-11-5-4-8-14-12-17-15(18-14)10-9-13-6-2-1-3-7-13/h1-3,6-7,9-10,12H,4-5,8,11H2,(H,17,18). The fourth-order valence-electron chi connectivity index (χ4n) is 1.73. The van der Waals surface area contributed by atoms with Crippen molar-refractivity contribution in [1.82, 2.24) is 9.97 Å². The molecule has 0 atom stereocenters. The van der Waals surface area contributed by atoms with E-state index in [9.17, 15) is 0 Å². The van der Waals surface area contributed by atoms with Gasteiger partial charge in [-0.25, -0.2) is 4.98 Å². The van der Waals surface area contributed by atoms with Crippen LogP contribution in [0.1, 0.15) is 29.9 Å². The Bertz CT molecular complexity index is 488. The van der Waals surface area contributed by atoms with Crippen molar-refractivity contribution in [3.8, 4) is 0 Å². The molecule has 1 aromatic carbocycles. The third-order valence-corrected chi connectivity index (χ3v) is 3.26. The van der Waals surface area contributed by atoms with E-state index in [2.05, 4.69) is 44.1 Å². The van der Waals surface area contributed by atoms with E-state index in [-0.39, 0.29) is 0 Å². The summed E-state index contributed by atoms with van der Waals surface area (Å²) in [5.41, 5.74) is 2.33. The predicted molar refractivity (Wildman–Crippen MR) is 80.7 cm³/mol. The van der Waals surface area contributed by atoms with Crippen LogP contribution in [0.2, 0.25) is 0 Å². The van der Waals surface area contributed by atoms with Gasteiger partial charge in [0.15, 0.2) is 0 Å². The van der Waals surface area contributed by atoms with Crippen molar-refractivity contribution >= 4 is 28.1 Å². The first kappa shape index (κ1) is 13.1. The average Bonchev–Trinajstić information content (AvgIpc) is 2.86. The van der Waals surface area contributed by atoms with Crippen molar-refractivity contribution in [3.05, 3.63) is 53.6 Å². The smallest absolute Gasteiger partial charge is 0.130 e. The summed E-state index contributed by atoms with van der Waals surface area (Å²) in [6.45, 7) is 0. The van der Waals surface area contributed by atoms with Crippen molar-refractivity contribution in [2.75, 3.05) is 5.33 Å². The molecule has 94 valence electrons. The normalized spacial score (nSPS) is 11.2. The zero-order chi connectivity index (χ0) is 12.6.